The number of hydrogen-bond acceptors (Lipinski definition) is 4. The number of nitroso groups, excluding NO2 is 1. The Hall–Kier alpha value is -2.76. The van der Waals surface area contributed by atoms with Crippen LogP contribution in [-0.2, 0) is 0 Å². The van der Waals surface area contributed by atoms with Crippen molar-refractivity contribution < 1.29 is 4.39 Å². The normalized spacial score (nSPS) is 10.6. The van der Waals surface area contributed by atoms with Crippen LogP contribution in [0.2, 0.25) is 0 Å². The Labute approximate surface area is 107 Å². The molecule has 0 aliphatic carbocycles. The molecule has 94 valence electrons. The number of fused-ring (bicyclic) bond motifs is 1. The molecule has 3 rings (SSSR count). The lowest BCUT2D eigenvalue weighted by Gasteiger charge is -2.08. The molecular weight excluding hydrogens is 247 g/mol. The standard InChI is InChI=1S/C13H9FN4O/c14-10-7-8(18-19)1-2-12(10)17-11-4-6-16-13-9(11)3-5-15-13/h1-7H,(H2,15,16,17). The first-order valence-corrected chi connectivity index (χ1v) is 5.60. The van der Waals surface area contributed by atoms with E-state index < -0.39 is 5.82 Å². The Morgan fingerprint density at radius 2 is 2.11 bits per heavy atom. The van der Waals surface area contributed by atoms with Crippen molar-refractivity contribution in [3.8, 4) is 0 Å². The summed E-state index contributed by atoms with van der Waals surface area (Å²) in [4.78, 5) is 17.4. The number of aromatic amines is 1. The number of anilines is 2. The molecule has 5 nitrogen and oxygen atoms in total. The Morgan fingerprint density at radius 3 is 2.89 bits per heavy atom. The molecule has 1 aromatic carbocycles. The molecule has 0 bridgehead atoms. The predicted octanol–water partition coefficient (Wildman–Crippen LogP) is 3.84. The average Bonchev–Trinajstić information content (AvgIpc) is 2.90. The van der Waals surface area contributed by atoms with Crippen molar-refractivity contribution in [1.29, 1.82) is 0 Å². The van der Waals surface area contributed by atoms with Crippen LogP contribution in [0.25, 0.3) is 11.0 Å². The molecule has 0 radical (unpaired) electrons. The third-order valence-electron chi connectivity index (χ3n) is 2.79. The molecule has 19 heavy (non-hydrogen) atoms. The predicted molar refractivity (Wildman–Crippen MR) is 71.2 cm³/mol. The summed E-state index contributed by atoms with van der Waals surface area (Å²) < 4.78 is 13.8. The highest BCUT2D eigenvalue weighted by Crippen LogP contribution is 2.27. The lowest BCUT2D eigenvalue weighted by molar-refractivity contribution is 0.632. The van der Waals surface area contributed by atoms with E-state index in [1.54, 1.807) is 18.5 Å². The van der Waals surface area contributed by atoms with E-state index in [1.165, 1.54) is 12.1 Å². The smallest absolute Gasteiger partial charge is 0.148 e. The molecule has 0 fully saturated rings. The van der Waals surface area contributed by atoms with Crippen LogP contribution < -0.4 is 5.32 Å². The number of H-pyrrole nitrogens is 1. The van der Waals surface area contributed by atoms with Gasteiger partial charge in [0.25, 0.3) is 0 Å². The fourth-order valence-electron chi connectivity index (χ4n) is 1.88. The van der Waals surface area contributed by atoms with Gasteiger partial charge in [0.2, 0.25) is 0 Å². The molecule has 0 aliphatic rings. The van der Waals surface area contributed by atoms with E-state index in [2.05, 4.69) is 20.5 Å². The van der Waals surface area contributed by atoms with E-state index in [-0.39, 0.29) is 11.4 Å². The second kappa shape index (κ2) is 4.49. The van der Waals surface area contributed by atoms with Gasteiger partial charge >= 0.3 is 0 Å². The zero-order valence-electron chi connectivity index (χ0n) is 9.72. The number of nitrogens with one attached hydrogen (secondary N) is 2. The SMILES string of the molecule is O=Nc1ccc(Nc2ccnc3[nH]ccc23)c(F)c1. The van der Waals surface area contributed by atoms with Gasteiger partial charge in [-0.25, -0.2) is 9.37 Å². The van der Waals surface area contributed by atoms with Gasteiger partial charge < -0.3 is 10.3 Å². The van der Waals surface area contributed by atoms with Crippen LogP contribution >= 0.6 is 0 Å². The highest BCUT2D eigenvalue weighted by molar-refractivity contribution is 5.91. The first-order chi connectivity index (χ1) is 9.28. The van der Waals surface area contributed by atoms with Crippen LogP contribution in [0.15, 0.2) is 47.9 Å². The summed E-state index contributed by atoms with van der Waals surface area (Å²) >= 11 is 0. The monoisotopic (exact) mass is 256 g/mol. The maximum atomic E-state index is 13.8. The molecular formula is C13H9FN4O. The first kappa shape index (κ1) is 11.3. The highest BCUT2D eigenvalue weighted by Gasteiger charge is 2.07. The molecule has 0 spiro atoms. The third kappa shape index (κ3) is 2.03. The summed E-state index contributed by atoms with van der Waals surface area (Å²) in [6, 6.07) is 7.62. The van der Waals surface area contributed by atoms with E-state index >= 15 is 0 Å². The fourth-order valence-corrected chi connectivity index (χ4v) is 1.88. The van der Waals surface area contributed by atoms with Crippen molar-refractivity contribution in [3.05, 3.63) is 53.4 Å². The van der Waals surface area contributed by atoms with Gasteiger partial charge in [-0.2, -0.15) is 0 Å². The maximum Gasteiger partial charge on any atom is 0.148 e. The Kier molecular flexibility index (Phi) is 2.68. The van der Waals surface area contributed by atoms with Crippen molar-refractivity contribution >= 4 is 28.1 Å². The van der Waals surface area contributed by atoms with Crippen LogP contribution in [0.3, 0.4) is 0 Å². The lowest BCUT2D eigenvalue weighted by Crippen LogP contribution is -1.94. The minimum absolute atomic E-state index is 0.0598. The Balaban J connectivity index is 2.01. The number of pyridine rings is 1. The van der Waals surface area contributed by atoms with Crippen molar-refractivity contribution in [2.45, 2.75) is 0 Å². The van der Waals surface area contributed by atoms with Gasteiger partial charge in [-0.05, 0) is 29.4 Å². The minimum Gasteiger partial charge on any atom is -0.352 e. The quantitative estimate of drug-likeness (QED) is 0.699. The molecule has 3 aromatic rings. The van der Waals surface area contributed by atoms with E-state index in [9.17, 15) is 9.30 Å². The molecule has 6 heteroatoms. The number of benzene rings is 1. The topological polar surface area (TPSA) is 70.1 Å². The molecule has 0 amide bonds. The largest absolute Gasteiger partial charge is 0.352 e. The van der Waals surface area contributed by atoms with Gasteiger partial charge in [0.15, 0.2) is 0 Å². The Bertz CT molecular complexity index is 753. The molecule has 2 heterocycles. The summed E-state index contributed by atoms with van der Waals surface area (Å²) in [5.41, 5.74) is 1.79. The molecule has 2 aromatic heterocycles. The van der Waals surface area contributed by atoms with Crippen molar-refractivity contribution in [2.75, 3.05) is 5.32 Å². The highest BCUT2D eigenvalue weighted by atomic mass is 19.1. The van der Waals surface area contributed by atoms with Crippen molar-refractivity contribution in [1.82, 2.24) is 9.97 Å². The Morgan fingerprint density at radius 1 is 1.21 bits per heavy atom. The minimum atomic E-state index is -0.530. The number of aromatic nitrogens is 2. The van der Waals surface area contributed by atoms with Gasteiger partial charge in [-0.1, -0.05) is 0 Å². The van der Waals surface area contributed by atoms with Crippen LogP contribution in [0, 0.1) is 10.7 Å². The molecule has 2 N–H and O–H groups in total. The van der Waals surface area contributed by atoms with E-state index in [1.807, 2.05) is 6.07 Å². The fraction of sp³-hybridized carbons (Fsp3) is 0. The number of rotatable bonds is 3. The average molecular weight is 256 g/mol. The molecule has 0 saturated carbocycles. The van der Waals surface area contributed by atoms with Crippen LogP contribution in [0.5, 0.6) is 0 Å². The van der Waals surface area contributed by atoms with Gasteiger partial charge in [0.05, 0.1) is 11.4 Å². The summed E-state index contributed by atoms with van der Waals surface area (Å²) in [5, 5.41) is 6.52. The first-order valence-electron chi connectivity index (χ1n) is 5.60. The van der Waals surface area contributed by atoms with Gasteiger partial charge in [-0.15, -0.1) is 4.91 Å². The van der Waals surface area contributed by atoms with E-state index in [4.69, 9.17) is 0 Å². The molecule has 0 atom stereocenters. The van der Waals surface area contributed by atoms with Gasteiger partial charge in [0.1, 0.15) is 17.2 Å². The van der Waals surface area contributed by atoms with Gasteiger partial charge in [-0.3, -0.25) is 0 Å². The third-order valence-corrected chi connectivity index (χ3v) is 2.79. The second-order valence-corrected chi connectivity index (χ2v) is 3.98. The van der Waals surface area contributed by atoms with Crippen molar-refractivity contribution in [2.24, 2.45) is 5.18 Å². The molecule has 0 saturated heterocycles. The van der Waals surface area contributed by atoms with E-state index in [0.717, 1.165) is 22.8 Å². The summed E-state index contributed by atoms with van der Waals surface area (Å²) in [5.74, 6) is -0.530. The number of halogens is 1. The van der Waals surface area contributed by atoms with E-state index in [0.29, 0.717) is 0 Å². The number of nitrogens with zero attached hydrogens (tertiary/aromatic N) is 2. The molecule has 0 unspecified atom stereocenters. The number of hydrogen-bond donors (Lipinski definition) is 2. The maximum absolute atomic E-state index is 13.8. The van der Waals surface area contributed by atoms with Crippen LogP contribution in [0.4, 0.5) is 21.5 Å². The van der Waals surface area contributed by atoms with Gasteiger partial charge in [0, 0.05) is 23.8 Å². The lowest BCUT2D eigenvalue weighted by atomic mass is 10.2. The summed E-state index contributed by atoms with van der Waals surface area (Å²) in [7, 11) is 0. The summed E-state index contributed by atoms with van der Waals surface area (Å²) in [6.45, 7) is 0. The van der Waals surface area contributed by atoms with Crippen molar-refractivity contribution in [3.63, 3.8) is 0 Å². The van der Waals surface area contributed by atoms with Crippen LogP contribution in [0.1, 0.15) is 0 Å². The zero-order chi connectivity index (χ0) is 13.2. The zero-order valence-corrected chi connectivity index (χ0v) is 9.72. The molecule has 0 aliphatic heterocycles. The second-order valence-electron chi connectivity index (χ2n) is 3.98. The van der Waals surface area contributed by atoms with Crippen LogP contribution in [-0.4, -0.2) is 9.97 Å². The summed E-state index contributed by atoms with van der Waals surface area (Å²) in [6.07, 6.45) is 3.39.